The van der Waals surface area contributed by atoms with Gasteiger partial charge in [-0.2, -0.15) is 0 Å². The Labute approximate surface area is 84.1 Å². The molecule has 3 heteroatoms. The number of hydrogen-bond donors (Lipinski definition) is 3. The summed E-state index contributed by atoms with van der Waals surface area (Å²) in [5, 5.41) is 16.8. The van der Waals surface area contributed by atoms with E-state index in [0.717, 1.165) is 12.0 Å². The molecule has 4 N–H and O–H groups in total. The Balaban J connectivity index is 3.06. The summed E-state index contributed by atoms with van der Waals surface area (Å²) in [6.45, 7) is 4.20. The minimum Gasteiger partial charge on any atom is -0.507 e. The Morgan fingerprint density at radius 1 is 1.57 bits per heavy atom. The maximum atomic E-state index is 9.59. The zero-order chi connectivity index (χ0) is 10.7. The van der Waals surface area contributed by atoms with Crippen molar-refractivity contribution in [3.05, 3.63) is 29.3 Å². The molecule has 1 aromatic carbocycles. The number of nitrogen functional groups attached to an aromatic ring is 1. The van der Waals surface area contributed by atoms with Crippen LogP contribution in [0.1, 0.15) is 37.3 Å². The summed E-state index contributed by atoms with van der Waals surface area (Å²) in [4.78, 5) is 0. The van der Waals surface area contributed by atoms with Gasteiger partial charge in [0.05, 0.1) is 5.56 Å². The number of benzene rings is 1. The molecule has 76 valence electrons. The third-order valence-corrected chi connectivity index (χ3v) is 2.49. The molecule has 0 aliphatic rings. The van der Waals surface area contributed by atoms with E-state index in [-0.39, 0.29) is 11.6 Å². The summed E-state index contributed by atoms with van der Waals surface area (Å²) in [6, 6.07) is 5.29. The van der Waals surface area contributed by atoms with Gasteiger partial charge in [-0.15, -0.1) is 0 Å². The number of aromatic hydroxyl groups is 1. The molecule has 0 radical (unpaired) electrons. The molecule has 1 rings (SSSR count). The van der Waals surface area contributed by atoms with Crippen LogP contribution < -0.4 is 5.73 Å². The van der Waals surface area contributed by atoms with Crippen molar-refractivity contribution >= 4 is 5.84 Å². The van der Waals surface area contributed by atoms with Crippen LogP contribution in [0.3, 0.4) is 0 Å². The first-order valence-electron chi connectivity index (χ1n) is 4.73. The van der Waals surface area contributed by atoms with Gasteiger partial charge in [0.15, 0.2) is 0 Å². The van der Waals surface area contributed by atoms with Gasteiger partial charge in [-0.25, -0.2) is 0 Å². The summed E-state index contributed by atoms with van der Waals surface area (Å²) in [6.07, 6.45) is 1.03. The summed E-state index contributed by atoms with van der Waals surface area (Å²) >= 11 is 0. The first kappa shape index (κ1) is 10.6. The topological polar surface area (TPSA) is 70.1 Å². The summed E-state index contributed by atoms with van der Waals surface area (Å²) < 4.78 is 0. The van der Waals surface area contributed by atoms with Crippen molar-refractivity contribution in [1.82, 2.24) is 0 Å². The van der Waals surface area contributed by atoms with Gasteiger partial charge in [0, 0.05) is 0 Å². The highest BCUT2D eigenvalue weighted by Gasteiger charge is 2.08. The smallest absolute Gasteiger partial charge is 0.126 e. The Bertz CT molecular complexity index is 347. The van der Waals surface area contributed by atoms with Crippen molar-refractivity contribution in [3.63, 3.8) is 0 Å². The molecule has 1 unspecified atom stereocenters. The number of nitrogens with two attached hydrogens (primary N) is 1. The van der Waals surface area contributed by atoms with Crippen molar-refractivity contribution in [2.75, 3.05) is 0 Å². The van der Waals surface area contributed by atoms with Crippen LogP contribution in [0.15, 0.2) is 18.2 Å². The highest BCUT2D eigenvalue weighted by atomic mass is 16.3. The van der Waals surface area contributed by atoms with Gasteiger partial charge >= 0.3 is 0 Å². The summed E-state index contributed by atoms with van der Waals surface area (Å²) in [7, 11) is 0. The fourth-order valence-electron chi connectivity index (χ4n) is 1.32. The predicted molar refractivity (Wildman–Crippen MR) is 57.8 cm³/mol. The highest BCUT2D eigenvalue weighted by Crippen LogP contribution is 2.25. The van der Waals surface area contributed by atoms with Crippen LogP contribution in [0.5, 0.6) is 5.75 Å². The number of hydrogen-bond acceptors (Lipinski definition) is 2. The van der Waals surface area contributed by atoms with Crippen LogP contribution in [-0.4, -0.2) is 10.9 Å². The highest BCUT2D eigenvalue weighted by molar-refractivity contribution is 5.97. The van der Waals surface area contributed by atoms with Crippen LogP contribution in [-0.2, 0) is 0 Å². The monoisotopic (exact) mass is 192 g/mol. The minimum atomic E-state index is -0.0989. The van der Waals surface area contributed by atoms with Gasteiger partial charge in [-0.1, -0.05) is 19.9 Å². The van der Waals surface area contributed by atoms with Crippen molar-refractivity contribution < 1.29 is 5.11 Å². The predicted octanol–water partition coefficient (Wildman–Crippen LogP) is 2.19. The van der Waals surface area contributed by atoms with E-state index in [1.54, 1.807) is 12.1 Å². The lowest BCUT2D eigenvalue weighted by atomic mass is 9.97. The Kier molecular flexibility index (Phi) is 3.12. The molecule has 0 aromatic heterocycles. The van der Waals surface area contributed by atoms with Gasteiger partial charge < -0.3 is 10.8 Å². The fourth-order valence-corrected chi connectivity index (χ4v) is 1.32. The van der Waals surface area contributed by atoms with Crippen LogP contribution in [0, 0.1) is 5.41 Å². The molecule has 0 spiro atoms. The van der Waals surface area contributed by atoms with Gasteiger partial charge in [-0.3, -0.25) is 5.41 Å². The minimum absolute atomic E-state index is 0.0929. The maximum Gasteiger partial charge on any atom is 0.126 e. The second kappa shape index (κ2) is 4.13. The molecule has 0 aliphatic carbocycles. The zero-order valence-electron chi connectivity index (χ0n) is 8.54. The van der Waals surface area contributed by atoms with E-state index in [1.807, 2.05) is 6.07 Å². The second-order valence-electron chi connectivity index (χ2n) is 3.50. The molecular formula is C11H16N2O. The third-order valence-electron chi connectivity index (χ3n) is 2.49. The average Bonchev–Trinajstić information content (AvgIpc) is 2.15. The van der Waals surface area contributed by atoms with E-state index in [1.165, 1.54) is 0 Å². The lowest BCUT2D eigenvalue weighted by Gasteiger charge is -2.10. The largest absolute Gasteiger partial charge is 0.507 e. The van der Waals surface area contributed by atoms with Crippen molar-refractivity contribution in [2.45, 2.75) is 26.2 Å². The van der Waals surface area contributed by atoms with Crippen LogP contribution in [0.25, 0.3) is 0 Å². The third kappa shape index (κ3) is 2.05. The Morgan fingerprint density at radius 2 is 2.21 bits per heavy atom. The first-order chi connectivity index (χ1) is 6.56. The molecule has 3 nitrogen and oxygen atoms in total. The summed E-state index contributed by atoms with van der Waals surface area (Å²) in [5.74, 6) is 0.412. The average molecular weight is 192 g/mol. The number of nitrogens with one attached hydrogen (secondary N) is 1. The molecule has 1 aromatic rings. The van der Waals surface area contributed by atoms with Gasteiger partial charge in [-0.05, 0) is 30.0 Å². The van der Waals surface area contributed by atoms with Crippen LogP contribution in [0.4, 0.5) is 0 Å². The molecule has 0 heterocycles. The lowest BCUT2D eigenvalue weighted by molar-refractivity contribution is 0.472. The van der Waals surface area contributed by atoms with E-state index >= 15 is 0 Å². The number of phenolic OH excluding ortho intramolecular Hbond substituents is 1. The van der Waals surface area contributed by atoms with E-state index in [0.29, 0.717) is 11.5 Å². The number of rotatable bonds is 3. The quantitative estimate of drug-likeness (QED) is 0.507. The van der Waals surface area contributed by atoms with Crippen LogP contribution in [0.2, 0.25) is 0 Å². The maximum absolute atomic E-state index is 9.59. The second-order valence-corrected chi connectivity index (χ2v) is 3.50. The zero-order valence-corrected chi connectivity index (χ0v) is 8.54. The molecule has 14 heavy (non-hydrogen) atoms. The van der Waals surface area contributed by atoms with Crippen molar-refractivity contribution in [3.8, 4) is 5.75 Å². The van der Waals surface area contributed by atoms with E-state index in [2.05, 4.69) is 13.8 Å². The van der Waals surface area contributed by atoms with Crippen LogP contribution >= 0.6 is 0 Å². The Hall–Kier alpha value is -1.51. The van der Waals surface area contributed by atoms with Gasteiger partial charge in [0.25, 0.3) is 0 Å². The van der Waals surface area contributed by atoms with E-state index < -0.39 is 0 Å². The molecule has 0 saturated heterocycles. The Morgan fingerprint density at radius 3 is 2.64 bits per heavy atom. The number of amidine groups is 1. The SMILES string of the molecule is CCC(C)c1ccc(C(=N)N)c(O)c1. The molecule has 0 fully saturated rings. The standard InChI is InChI=1S/C11H16N2O/c1-3-7(2)8-4-5-9(11(12)13)10(14)6-8/h4-7,14H,3H2,1-2H3,(H3,12,13). The van der Waals surface area contributed by atoms with E-state index in [9.17, 15) is 5.11 Å². The van der Waals surface area contributed by atoms with Crippen molar-refractivity contribution in [2.24, 2.45) is 5.73 Å². The molecule has 0 amide bonds. The normalized spacial score (nSPS) is 12.4. The van der Waals surface area contributed by atoms with E-state index in [4.69, 9.17) is 11.1 Å². The first-order valence-corrected chi connectivity index (χ1v) is 4.73. The van der Waals surface area contributed by atoms with Crippen molar-refractivity contribution in [1.29, 1.82) is 5.41 Å². The summed E-state index contributed by atoms with van der Waals surface area (Å²) in [5.41, 5.74) is 6.78. The molecule has 0 aliphatic heterocycles. The fraction of sp³-hybridized carbons (Fsp3) is 0.364. The van der Waals surface area contributed by atoms with Gasteiger partial charge in [0.1, 0.15) is 11.6 Å². The molecule has 0 bridgehead atoms. The molecule has 1 atom stereocenters. The molecule has 0 saturated carbocycles. The number of phenols is 1. The van der Waals surface area contributed by atoms with Gasteiger partial charge in [0.2, 0.25) is 0 Å². The lowest BCUT2D eigenvalue weighted by Crippen LogP contribution is -2.11. The molecular weight excluding hydrogens is 176 g/mol.